The molecule has 1 saturated heterocycles. The van der Waals surface area contributed by atoms with Crippen LogP contribution in [0, 0.1) is 11.3 Å². The third kappa shape index (κ3) is 2.91. The lowest BCUT2D eigenvalue weighted by atomic mass is 9.89. The van der Waals surface area contributed by atoms with Crippen LogP contribution in [-0.4, -0.2) is 29.7 Å². The maximum absolute atomic E-state index is 11.1. The molecule has 0 spiro atoms. The molecule has 1 fully saturated rings. The highest BCUT2D eigenvalue weighted by molar-refractivity contribution is 8.00. The van der Waals surface area contributed by atoms with Gasteiger partial charge in [0.25, 0.3) is 0 Å². The molecule has 0 atom stereocenters. The second-order valence-electron chi connectivity index (χ2n) is 5.84. The molecule has 0 radical (unpaired) electrons. The number of hydrogen-bond donors (Lipinski definition) is 1. The summed E-state index contributed by atoms with van der Waals surface area (Å²) in [6.07, 6.45) is 6.61. The van der Waals surface area contributed by atoms with Gasteiger partial charge in [-0.1, -0.05) is 11.8 Å². The quantitative estimate of drug-likeness (QED) is 0.859. The molecule has 5 nitrogen and oxygen atoms in total. The zero-order chi connectivity index (χ0) is 15.5. The van der Waals surface area contributed by atoms with Gasteiger partial charge in [0, 0.05) is 13.1 Å². The zero-order valence-corrected chi connectivity index (χ0v) is 13.4. The number of hydrogen-bond acceptors (Lipinski definition) is 5. The van der Waals surface area contributed by atoms with Crippen molar-refractivity contribution in [2.24, 2.45) is 5.73 Å². The molecule has 22 heavy (non-hydrogen) atoms. The van der Waals surface area contributed by atoms with Crippen LogP contribution in [0.5, 0.6) is 0 Å². The molecule has 1 aromatic rings. The molecule has 6 heteroatoms. The molecule has 2 heterocycles. The van der Waals surface area contributed by atoms with E-state index in [0.29, 0.717) is 10.6 Å². The first-order valence-electron chi connectivity index (χ1n) is 7.82. The monoisotopic (exact) mass is 316 g/mol. The minimum Gasteiger partial charge on any atom is -0.369 e. The molecule has 2 aliphatic rings. The van der Waals surface area contributed by atoms with Crippen molar-refractivity contribution >= 4 is 23.5 Å². The summed E-state index contributed by atoms with van der Waals surface area (Å²) in [4.78, 5) is 18.2. The summed E-state index contributed by atoms with van der Waals surface area (Å²) < 4.78 is 0. The second kappa shape index (κ2) is 6.57. The molecule has 1 aromatic heterocycles. The predicted molar refractivity (Wildman–Crippen MR) is 87.0 cm³/mol. The number of amides is 1. The Balaban J connectivity index is 2.06. The number of thioether (sulfide) groups is 1. The summed E-state index contributed by atoms with van der Waals surface area (Å²) in [5.74, 6) is 0.828. The minimum atomic E-state index is -0.379. The first-order chi connectivity index (χ1) is 10.7. The number of pyridine rings is 1. The molecular weight excluding hydrogens is 296 g/mol. The second-order valence-corrected chi connectivity index (χ2v) is 6.80. The van der Waals surface area contributed by atoms with Crippen LogP contribution >= 0.6 is 11.8 Å². The largest absolute Gasteiger partial charge is 0.369 e. The average molecular weight is 316 g/mol. The van der Waals surface area contributed by atoms with Crippen LogP contribution < -0.4 is 10.6 Å². The third-order valence-corrected chi connectivity index (χ3v) is 5.33. The lowest BCUT2D eigenvalue weighted by Crippen LogP contribution is -2.24. The van der Waals surface area contributed by atoms with Crippen LogP contribution in [0.2, 0.25) is 0 Å². The van der Waals surface area contributed by atoms with Crippen LogP contribution in [0.1, 0.15) is 42.4 Å². The summed E-state index contributed by atoms with van der Waals surface area (Å²) in [7, 11) is 0. The highest BCUT2D eigenvalue weighted by Crippen LogP contribution is 2.37. The Morgan fingerprint density at radius 2 is 1.91 bits per heavy atom. The predicted octanol–water partition coefficient (Wildman–Crippen LogP) is 2.01. The van der Waals surface area contributed by atoms with E-state index in [9.17, 15) is 10.1 Å². The molecular formula is C16H20N4OS. The van der Waals surface area contributed by atoms with Crippen molar-refractivity contribution in [2.45, 2.75) is 43.6 Å². The van der Waals surface area contributed by atoms with Gasteiger partial charge in [-0.15, -0.1) is 0 Å². The molecule has 3 rings (SSSR count). The van der Waals surface area contributed by atoms with Crippen LogP contribution in [0.4, 0.5) is 5.82 Å². The maximum Gasteiger partial charge on any atom is 0.227 e. The van der Waals surface area contributed by atoms with Gasteiger partial charge in [0.15, 0.2) is 0 Å². The molecule has 0 bridgehead atoms. The molecule has 2 N–H and O–H groups in total. The van der Waals surface area contributed by atoms with Crippen molar-refractivity contribution in [2.75, 3.05) is 23.7 Å². The number of aromatic nitrogens is 1. The van der Waals surface area contributed by atoms with E-state index in [1.807, 2.05) is 0 Å². The van der Waals surface area contributed by atoms with Gasteiger partial charge in [-0.3, -0.25) is 4.79 Å². The Kier molecular flexibility index (Phi) is 4.53. The molecule has 0 aromatic carbocycles. The summed E-state index contributed by atoms with van der Waals surface area (Å²) in [6, 6.07) is 2.31. The minimum absolute atomic E-state index is 0.167. The van der Waals surface area contributed by atoms with Crippen molar-refractivity contribution < 1.29 is 4.79 Å². The fourth-order valence-corrected chi connectivity index (χ4v) is 4.07. The van der Waals surface area contributed by atoms with Crippen LogP contribution in [0.3, 0.4) is 0 Å². The van der Waals surface area contributed by atoms with E-state index in [2.05, 4.69) is 11.0 Å². The molecule has 0 saturated carbocycles. The van der Waals surface area contributed by atoms with E-state index in [-0.39, 0.29) is 11.7 Å². The number of fused-ring (bicyclic) bond motifs is 1. The van der Waals surface area contributed by atoms with Crippen molar-refractivity contribution in [3.05, 3.63) is 16.7 Å². The van der Waals surface area contributed by atoms with Crippen molar-refractivity contribution in [1.82, 2.24) is 4.98 Å². The van der Waals surface area contributed by atoms with Crippen molar-refractivity contribution in [1.29, 1.82) is 5.26 Å². The van der Waals surface area contributed by atoms with Gasteiger partial charge in [0.05, 0.1) is 11.3 Å². The third-order valence-electron chi connectivity index (χ3n) is 4.33. The number of carbonyl (C=O) groups excluding carboxylic acids is 1. The highest BCUT2D eigenvalue weighted by atomic mass is 32.2. The summed E-state index contributed by atoms with van der Waals surface area (Å²) in [5.41, 5.74) is 8.31. The number of primary amides is 1. The summed E-state index contributed by atoms with van der Waals surface area (Å²) >= 11 is 1.29. The van der Waals surface area contributed by atoms with E-state index in [1.165, 1.54) is 30.2 Å². The molecule has 1 aliphatic carbocycles. The molecule has 1 aliphatic heterocycles. The first kappa shape index (κ1) is 15.2. The first-order valence-corrected chi connectivity index (χ1v) is 8.81. The normalized spacial score (nSPS) is 17.1. The number of nitrogens with two attached hydrogens (primary N) is 1. The topological polar surface area (TPSA) is 83.0 Å². The fourth-order valence-electron chi connectivity index (χ4n) is 3.33. The van der Waals surface area contributed by atoms with Gasteiger partial charge in [0.2, 0.25) is 5.91 Å². The fraction of sp³-hybridized carbons (Fsp3) is 0.562. The standard InChI is InChI=1S/C16H20N4OS/c17-9-13-11-5-1-2-6-12(11)15(20-7-3-4-8-20)19-16(13)22-10-14(18)21/h1-8,10H2,(H2,18,21). The molecule has 1 amide bonds. The van der Waals surface area contributed by atoms with E-state index in [4.69, 9.17) is 10.7 Å². The van der Waals surface area contributed by atoms with Gasteiger partial charge in [-0.2, -0.15) is 5.26 Å². The van der Waals surface area contributed by atoms with Gasteiger partial charge in [-0.25, -0.2) is 4.98 Å². The van der Waals surface area contributed by atoms with Crippen molar-refractivity contribution in [3.63, 3.8) is 0 Å². The molecule has 116 valence electrons. The lowest BCUT2D eigenvalue weighted by molar-refractivity contribution is -0.115. The van der Waals surface area contributed by atoms with Gasteiger partial charge < -0.3 is 10.6 Å². The Labute approximate surface area is 134 Å². The van der Waals surface area contributed by atoms with Gasteiger partial charge in [0.1, 0.15) is 16.9 Å². The van der Waals surface area contributed by atoms with Crippen LogP contribution in [0.25, 0.3) is 0 Å². The van der Waals surface area contributed by atoms with E-state index < -0.39 is 0 Å². The lowest BCUT2D eigenvalue weighted by Gasteiger charge is -2.26. The van der Waals surface area contributed by atoms with E-state index >= 15 is 0 Å². The Hall–Kier alpha value is -1.74. The van der Waals surface area contributed by atoms with Crippen LogP contribution in [-0.2, 0) is 17.6 Å². The van der Waals surface area contributed by atoms with Gasteiger partial charge in [-0.05, 0) is 49.7 Å². The maximum atomic E-state index is 11.1. The Morgan fingerprint density at radius 3 is 2.55 bits per heavy atom. The summed E-state index contributed by atoms with van der Waals surface area (Å²) in [6.45, 7) is 2.07. The van der Waals surface area contributed by atoms with Crippen molar-refractivity contribution in [3.8, 4) is 6.07 Å². The Morgan fingerprint density at radius 1 is 1.23 bits per heavy atom. The zero-order valence-electron chi connectivity index (χ0n) is 12.6. The number of anilines is 1. The smallest absolute Gasteiger partial charge is 0.227 e. The SMILES string of the molecule is N#Cc1c(SCC(N)=O)nc(N2CCCC2)c2c1CCCC2. The van der Waals surface area contributed by atoms with E-state index in [0.717, 1.165) is 50.2 Å². The number of carbonyl (C=O) groups is 1. The number of rotatable bonds is 4. The summed E-state index contributed by atoms with van der Waals surface area (Å²) in [5, 5.41) is 10.2. The number of nitriles is 1. The Bertz CT molecular complexity index is 632. The van der Waals surface area contributed by atoms with Gasteiger partial charge >= 0.3 is 0 Å². The average Bonchev–Trinajstić information content (AvgIpc) is 3.05. The van der Waals surface area contributed by atoms with E-state index in [1.54, 1.807) is 0 Å². The highest BCUT2D eigenvalue weighted by Gasteiger charge is 2.26. The molecule has 0 unspecified atom stereocenters. The van der Waals surface area contributed by atoms with Crippen LogP contribution in [0.15, 0.2) is 5.03 Å². The number of nitrogens with zero attached hydrogens (tertiary/aromatic N) is 3.